The Morgan fingerprint density at radius 2 is 2.09 bits per heavy atom. The Labute approximate surface area is 125 Å². The van der Waals surface area contributed by atoms with E-state index in [1.54, 1.807) is 37.3 Å². The van der Waals surface area contributed by atoms with Crippen LogP contribution in [0.15, 0.2) is 53.1 Å². The summed E-state index contributed by atoms with van der Waals surface area (Å²) in [6.07, 6.45) is 1.83. The van der Waals surface area contributed by atoms with E-state index in [1.165, 1.54) is 0 Å². The highest BCUT2D eigenvalue weighted by molar-refractivity contribution is 5.95. The normalized spacial score (nSPS) is 11.1. The first kappa shape index (κ1) is 12.6. The third kappa shape index (κ3) is 2.13. The lowest BCUT2D eigenvalue weighted by molar-refractivity contribution is 0.0735. The number of benzene rings is 2. The molecule has 1 N–H and O–H groups in total. The molecule has 0 saturated carbocycles. The van der Waals surface area contributed by atoms with Crippen LogP contribution in [0, 0.1) is 6.92 Å². The standard InChI is InChI=1S/C17H12N2O3/c1-10-19-15-9-13(4-5-16(15)21-10)22-17(20)12-3-2-11-6-7-18-14(11)8-12/h2-9,18H,1H3. The fraction of sp³-hybridized carbons (Fsp3) is 0.0588. The number of ether oxygens (including phenoxy) is 1. The van der Waals surface area contributed by atoms with Gasteiger partial charge in [0.25, 0.3) is 0 Å². The second-order valence-electron chi connectivity index (χ2n) is 5.03. The Kier molecular flexibility index (Phi) is 2.72. The van der Waals surface area contributed by atoms with Gasteiger partial charge in [0.2, 0.25) is 0 Å². The number of aromatic amines is 1. The summed E-state index contributed by atoms with van der Waals surface area (Å²) in [4.78, 5) is 19.5. The first-order valence-corrected chi connectivity index (χ1v) is 6.85. The van der Waals surface area contributed by atoms with Gasteiger partial charge in [0.1, 0.15) is 11.3 Å². The van der Waals surface area contributed by atoms with Crippen molar-refractivity contribution in [1.29, 1.82) is 0 Å². The number of carbonyl (C=O) groups is 1. The van der Waals surface area contributed by atoms with Crippen LogP contribution in [0.4, 0.5) is 0 Å². The summed E-state index contributed by atoms with van der Waals surface area (Å²) < 4.78 is 10.8. The van der Waals surface area contributed by atoms with Crippen molar-refractivity contribution in [3.63, 3.8) is 0 Å². The minimum absolute atomic E-state index is 0.406. The molecule has 22 heavy (non-hydrogen) atoms. The van der Waals surface area contributed by atoms with Gasteiger partial charge in [-0.25, -0.2) is 9.78 Å². The minimum Gasteiger partial charge on any atom is -0.441 e. The Bertz CT molecular complexity index is 997. The van der Waals surface area contributed by atoms with Crippen LogP contribution in [0.2, 0.25) is 0 Å². The van der Waals surface area contributed by atoms with Crippen LogP contribution < -0.4 is 4.74 Å². The van der Waals surface area contributed by atoms with Crippen LogP contribution in [-0.2, 0) is 0 Å². The Morgan fingerprint density at radius 1 is 1.18 bits per heavy atom. The van der Waals surface area contributed by atoms with Crippen molar-refractivity contribution >= 4 is 28.0 Å². The van der Waals surface area contributed by atoms with E-state index in [0.29, 0.717) is 28.3 Å². The van der Waals surface area contributed by atoms with E-state index >= 15 is 0 Å². The van der Waals surface area contributed by atoms with Crippen molar-refractivity contribution in [2.75, 3.05) is 0 Å². The number of fused-ring (bicyclic) bond motifs is 2. The average Bonchev–Trinajstić information content (AvgIpc) is 3.10. The van der Waals surface area contributed by atoms with Crippen molar-refractivity contribution in [3.8, 4) is 5.75 Å². The molecule has 4 rings (SSSR count). The van der Waals surface area contributed by atoms with Gasteiger partial charge in [-0.3, -0.25) is 0 Å². The molecule has 0 fully saturated rings. The Hall–Kier alpha value is -3.08. The number of oxazole rings is 1. The molecule has 5 heteroatoms. The van der Waals surface area contributed by atoms with Gasteiger partial charge in [0.05, 0.1) is 5.56 Å². The predicted molar refractivity (Wildman–Crippen MR) is 82.0 cm³/mol. The molecule has 0 unspecified atom stereocenters. The number of nitrogens with zero attached hydrogens (tertiary/aromatic N) is 1. The molecule has 4 aromatic rings. The van der Waals surface area contributed by atoms with Gasteiger partial charge in [-0.2, -0.15) is 0 Å². The zero-order valence-corrected chi connectivity index (χ0v) is 11.8. The molecule has 0 spiro atoms. The second-order valence-corrected chi connectivity index (χ2v) is 5.03. The maximum Gasteiger partial charge on any atom is 0.343 e. The van der Waals surface area contributed by atoms with E-state index in [2.05, 4.69) is 9.97 Å². The zero-order chi connectivity index (χ0) is 15.1. The minimum atomic E-state index is -0.406. The molecule has 108 valence electrons. The van der Waals surface area contributed by atoms with Crippen molar-refractivity contribution in [1.82, 2.24) is 9.97 Å². The smallest absolute Gasteiger partial charge is 0.343 e. The maximum absolute atomic E-state index is 12.2. The maximum atomic E-state index is 12.2. The molecule has 2 heterocycles. The lowest BCUT2D eigenvalue weighted by Crippen LogP contribution is -2.08. The number of hydrogen-bond acceptors (Lipinski definition) is 4. The van der Waals surface area contributed by atoms with Gasteiger partial charge in [0.15, 0.2) is 11.5 Å². The topological polar surface area (TPSA) is 68.1 Å². The molecule has 0 saturated heterocycles. The molecule has 0 amide bonds. The second kappa shape index (κ2) is 4.73. The number of aryl methyl sites for hydroxylation is 1. The molecule has 0 aliphatic rings. The summed E-state index contributed by atoms with van der Waals surface area (Å²) in [5, 5.41) is 1.05. The molecule has 0 aliphatic carbocycles. The van der Waals surface area contributed by atoms with Crippen LogP contribution in [-0.4, -0.2) is 15.9 Å². The van der Waals surface area contributed by atoms with Gasteiger partial charge in [0, 0.05) is 24.7 Å². The van der Waals surface area contributed by atoms with Gasteiger partial charge in [-0.05, 0) is 35.7 Å². The SMILES string of the molecule is Cc1nc2cc(OC(=O)c3ccc4cc[nH]c4c3)ccc2o1. The highest BCUT2D eigenvalue weighted by atomic mass is 16.5. The molecular weight excluding hydrogens is 280 g/mol. The van der Waals surface area contributed by atoms with E-state index in [4.69, 9.17) is 9.15 Å². The van der Waals surface area contributed by atoms with Crippen LogP contribution in [0.5, 0.6) is 5.75 Å². The summed E-state index contributed by atoms with van der Waals surface area (Å²) in [5.41, 5.74) is 2.73. The van der Waals surface area contributed by atoms with Crippen LogP contribution in [0.25, 0.3) is 22.0 Å². The van der Waals surface area contributed by atoms with Gasteiger partial charge >= 0.3 is 5.97 Å². The van der Waals surface area contributed by atoms with Crippen molar-refractivity contribution < 1.29 is 13.9 Å². The molecule has 2 aromatic heterocycles. The molecular formula is C17H12N2O3. The number of carbonyl (C=O) groups excluding carboxylic acids is 1. The zero-order valence-electron chi connectivity index (χ0n) is 11.8. The highest BCUT2D eigenvalue weighted by Gasteiger charge is 2.11. The average molecular weight is 292 g/mol. The van der Waals surface area contributed by atoms with E-state index < -0.39 is 5.97 Å². The summed E-state index contributed by atoms with van der Waals surface area (Å²) >= 11 is 0. The highest BCUT2D eigenvalue weighted by Crippen LogP contribution is 2.22. The Balaban J connectivity index is 1.64. The van der Waals surface area contributed by atoms with Crippen LogP contribution >= 0.6 is 0 Å². The van der Waals surface area contributed by atoms with Crippen LogP contribution in [0.3, 0.4) is 0 Å². The van der Waals surface area contributed by atoms with E-state index in [1.807, 2.05) is 18.3 Å². The first-order valence-electron chi connectivity index (χ1n) is 6.85. The number of rotatable bonds is 2. The molecule has 0 atom stereocenters. The Morgan fingerprint density at radius 3 is 3.00 bits per heavy atom. The lowest BCUT2D eigenvalue weighted by atomic mass is 10.1. The molecule has 0 aliphatic heterocycles. The third-order valence-electron chi connectivity index (χ3n) is 3.47. The van der Waals surface area contributed by atoms with Gasteiger partial charge < -0.3 is 14.1 Å². The van der Waals surface area contributed by atoms with E-state index in [-0.39, 0.29) is 0 Å². The molecule has 5 nitrogen and oxygen atoms in total. The number of nitrogens with one attached hydrogen (secondary N) is 1. The monoisotopic (exact) mass is 292 g/mol. The fourth-order valence-electron chi connectivity index (χ4n) is 2.43. The van der Waals surface area contributed by atoms with Crippen molar-refractivity contribution in [3.05, 3.63) is 60.1 Å². The summed E-state index contributed by atoms with van der Waals surface area (Å²) in [7, 11) is 0. The number of H-pyrrole nitrogens is 1. The number of hydrogen-bond donors (Lipinski definition) is 1. The summed E-state index contributed by atoms with van der Waals surface area (Å²) in [6.45, 7) is 1.78. The quantitative estimate of drug-likeness (QED) is 0.450. The largest absolute Gasteiger partial charge is 0.441 e. The lowest BCUT2D eigenvalue weighted by Gasteiger charge is -2.04. The summed E-state index contributed by atoms with van der Waals surface area (Å²) in [6, 6.07) is 12.5. The molecule has 2 aromatic carbocycles. The van der Waals surface area contributed by atoms with Gasteiger partial charge in [-0.1, -0.05) is 6.07 Å². The van der Waals surface area contributed by atoms with Gasteiger partial charge in [-0.15, -0.1) is 0 Å². The fourth-order valence-corrected chi connectivity index (χ4v) is 2.43. The predicted octanol–water partition coefficient (Wildman–Crippen LogP) is 3.84. The first-order chi connectivity index (χ1) is 10.7. The van der Waals surface area contributed by atoms with Crippen molar-refractivity contribution in [2.24, 2.45) is 0 Å². The third-order valence-corrected chi connectivity index (χ3v) is 3.47. The van der Waals surface area contributed by atoms with E-state index in [0.717, 1.165) is 10.9 Å². The van der Waals surface area contributed by atoms with E-state index in [9.17, 15) is 4.79 Å². The molecule has 0 bridgehead atoms. The summed E-state index contributed by atoms with van der Waals surface area (Å²) in [5.74, 6) is 0.615. The van der Waals surface area contributed by atoms with Crippen molar-refractivity contribution in [2.45, 2.75) is 6.92 Å². The van der Waals surface area contributed by atoms with Crippen LogP contribution in [0.1, 0.15) is 16.2 Å². The molecule has 0 radical (unpaired) electrons. The number of aromatic nitrogens is 2. The number of esters is 1.